The Kier molecular flexibility index (Phi) is 3.49. The molecule has 0 bridgehead atoms. The number of nitrogens with zero attached hydrogens (tertiary/aromatic N) is 2. The summed E-state index contributed by atoms with van der Waals surface area (Å²) in [6.45, 7) is 8.34. The third kappa shape index (κ3) is 2.25. The minimum Gasteiger partial charge on any atom is -0.448 e. The van der Waals surface area contributed by atoms with Crippen molar-refractivity contribution in [2.24, 2.45) is 11.0 Å². The average Bonchev–Trinajstić information content (AvgIpc) is 2.48. The van der Waals surface area contributed by atoms with Crippen molar-refractivity contribution in [2.75, 3.05) is 6.61 Å². The topological polar surface area (TPSA) is 41.9 Å². The third-order valence-corrected chi connectivity index (χ3v) is 2.28. The first-order chi connectivity index (χ1) is 6.56. The van der Waals surface area contributed by atoms with E-state index in [2.05, 4.69) is 18.9 Å². The first kappa shape index (κ1) is 11.0. The van der Waals surface area contributed by atoms with Gasteiger partial charge >= 0.3 is 6.09 Å². The molecule has 0 aromatic heterocycles. The highest BCUT2D eigenvalue weighted by molar-refractivity contribution is 5.90. The molecule has 0 saturated heterocycles. The molecule has 0 spiro atoms. The van der Waals surface area contributed by atoms with Crippen LogP contribution in [0.15, 0.2) is 5.10 Å². The van der Waals surface area contributed by atoms with E-state index in [1.54, 1.807) is 6.92 Å². The largest absolute Gasteiger partial charge is 0.448 e. The molecule has 0 saturated carbocycles. The van der Waals surface area contributed by atoms with Gasteiger partial charge in [-0.25, -0.2) is 4.79 Å². The zero-order chi connectivity index (χ0) is 10.7. The Labute approximate surface area is 84.9 Å². The quantitative estimate of drug-likeness (QED) is 0.683. The Morgan fingerprint density at radius 3 is 2.79 bits per heavy atom. The van der Waals surface area contributed by atoms with Crippen LogP contribution >= 0.6 is 0 Å². The molecule has 14 heavy (non-hydrogen) atoms. The van der Waals surface area contributed by atoms with E-state index in [0.29, 0.717) is 12.5 Å². The molecule has 1 unspecified atom stereocenters. The number of amides is 1. The van der Waals surface area contributed by atoms with Crippen molar-refractivity contribution in [1.29, 1.82) is 0 Å². The molecule has 1 amide bonds. The molecule has 1 aliphatic heterocycles. The summed E-state index contributed by atoms with van der Waals surface area (Å²) in [5.74, 6) is 0.400. The zero-order valence-electron chi connectivity index (χ0n) is 9.28. The van der Waals surface area contributed by atoms with Gasteiger partial charge in [-0.05, 0) is 19.8 Å². The molecule has 0 aliphatic carbocycles. The molecular formula is C10H18N2O2. The van der Waals surface area contributed by atoms with Gasteiger partial charge in [-0.3, -0.25) is 0 Å². The van der Waals surface area contributed by atoms with Crippen LogP contribution in [0.25, 0.3) is 0 Å². The lowest BCUT2D eigenvalue weighted by atomic mass is 10.0. The lowest BCUT2D eigenvalue weighted by Gasteiger charge is -2.16. The average molecular weight is 198 g/mol. The summed E-state index contributed by atoms with van der Waals surface area (Å²) < 4.78 is 4.90. The molecular weight excluding hydrogens is 180 g/mol. The Morgan fingerprint density at radius 1 is 1.71 bits per heavy atom. The Morgan fingerprint density at radius 2 is 2.36 bits per heavy atom. The molecule has 4 nitrogen and oxygen atoms in total. The van der Waals surface area contributed by atoms with Crippen molar-refractivity contribution in [3.63, 3.8) is 0 Å². The molecule has 0 fully saturated rings. The maximum absolute atomic E-state index is 11.4. The molecule has 80 valence electrons. The summed E-state index contributed by atoms with van der Waals surface area (Å²) in [5, 5.41) is 5.71. The Hall–Kier alpha value is -1.06. The fraction of sp³-hybridized carbons (Fsp3) is 0.800. The lowest BCUT2D eigenvalue weighted by molar-refractivity contribution is 0.100. The zero-order valence-corrected chi connectivity index (χ0v) is 9.28. The molecule has 0 aromatic rings. The fourth-order valence-corrected chi connectivity index (χ4v) is 1.43. The smallest absolute Gasteiger partial charge is 0.430 e. The molecule has 0 radical (unpaired) electrons. The van der Waals surface area contributed by atoms with Crippen LogP contribution < -0.4 is 0 Å². The molecule has 1 rings (SSSR count). The second-order valence-electron chi connectivity index (χ2n) is 3.84. The van der Waals surface area contributed by atoms with E-state index in [4.69, 9.17) is 4.74 Å². The van der Waals surface area contributed by atoms with E-state index in [9.17, 15) is 4.79 Å². The number of carbonyl (C=O) groups is 1. The molecule has 1 aliphatic rings. The summed E-state index contributed by atoms with van der Waals surface area (Å²) in [6, 6.07) is 0.131. The highest BCUT2D eigenvalue weighted by Crippen LogP contribution is 2.19. The standard InChI is InChI=1S/C10H18N2O2/c1-5-14-10(13)12-8(4)6-9(11-12)7(2)3/h7-8H,5-6H2,1-4H3. The number of hydrogen-bond acceptors (Lipinski definition) is 3. The van der Waals surface area contributed by atoms with Gasteiger partial charge in [0, 0.05) is 12.1 Å². The van der Waals surface area contributed by atoms with Gasteiger partial charge in [0.1, 0.15) is 0 Å². The van der Waals surface area contributed by atoms with E-state index in [0.717, 1.165) is 12.1 Å². The van der Waals surface area contributed by atoms with Gasteiger partial charge in [0.15, 0.2) is 0 Å². The van der Waals surface area contributed by atoms with Crippen molar-refractivity contribution in [3.8, 4) is 0 Å². The Bertz CT molecular complexity index is 249. The highest BCUT2D eigenvalue weighted by atomic mass is 16.6. The summed E-state index contributed by atoms with van der Waals surface area (Å²) >= 11 is 0. The maximum Gasteiger partial charge on any atom is 0.430 e. The molecule has 0 aromatic carbocycles. The van der Waals surface area contributed by atoms with Gasteiger partial charge in [-0.2, -0.15) is 10.1 Å². The van der Waals surface area contributed by atoms with Gasteiger partial charge in [-0.1, -0.05) is 13.8 Å². The maximum atomic E-state index is 11.4. The summed E-state index contributed by atoms with van der Waals surface area (Å²) in [6.07, 6.45) is 0.520. The first-order valence-corrected chi connectivity index (χ1v) is 5.09. The number of hydrogen-bond donors (Lipinski definition) is 0. The van der Waals surface area contributed by atoms with Crippen LogP contribution in [-0.4, -0.2) is 29.5 Å². The second kappa shape index (κ2) is 4.44. The normalized spacial score (nSPS) is 21.4. The molecule has 0 N–H and O–H groups in total. The van der Waals surface area contributed by atoms with E-state index >= 15 is 0 Å². The summed E-state index contributed by atoms with van der Waals surface area (Å²) in [5.41, 5.74) is 1.07. The monoisotopic (exact) mass is 198 g/mol. The second-order valence-corrected chi connectivity index (χ2v) is 3.84. The van der Waals surface area contributed by atoms with Crippen molar-refractivity contribution in [2.45, 2.75) is 40.2 Å². The minimum atomic E-state index is -0.337. The van der Waals surface area contributed by atoms with Crippen molar-refractivity contribution in [3.05, 3.63) is 0 Å². The van der Waals surface area contributed by atoms with Crippen molar-refractivity contribution in [1.82, 2.24) is 5.01 Å². The van der Waals surface area contributed by atoms with Gasteiger partial charge in [0.05, 0.1) is 12.6 Å². The van der Waals surface area contributed by atoms with Gasteiger partial charge < -0.3 is 4.74 Å². The van der Waals surface area contributed by atoms with Crippen LogP contribution in [-0.2, 0) is 4.74 Å². The Balaban J connectivity index is 2.66. The van der Waals surface area contributed by atoms with Crippen molar-refractivity contribution >= 4 is 11.8 Å². The van der Waals surface area contributed by atoms with Crippen LogP contribution in [0, 0.1) is 5.92 Å². The van der Waals surface area contributed by atoms with Gasteiger partial charge in [-0.15, -0.1) is 0 Å². The summed E-state index contributed by atoms with van der Waals surface area (Å²) in [7, 11) is 0. The van der Waals surface area contributed by atoms with E-state index in [-0.39, 0.29) is 12.1 Å². The van der Waals surface area contributed by atoms with E-state index < -0.39 is 0 Å². The third-order valence-electron chi connectivity index (χ3n) is 2.28. The van der Waals surface area contributed by atoms with Gasteiger partial charge in [0.2, 0.25) is 0 Å². The number of hydrazone groups is 1. The SMILES string of the molecule is CCOC(=O)N1N=C(C(C)C)CC1C. The molecule has 4 heteroatoms. The summed E-state index contributed by atoms with van der Waals surface area (Å²) in [4.78, 5) is 11.4. The van der Waals surface area contributed by atoms with Crippen LogP contribution in [0.3, 0.4) is 0 Å². The number of carbonyl (C=O) groups excluding carboxylic acids is 1. The van der Waals surface area contributed by atoms with Crippen LogP contribution in [0.4, 0.5) is 4.79 Å². The molecule has 1 heterocycles. The first-order valence-electron chi connectivity index (χ1n) is 5.09. The van der Waals surface area contributed by atoms with Crippen LogP contribution in [0.1, 0.15) is 34.1 Å². The lowest BCUT2D eigenvalue weighted by Crippen LogP contribution is -2.30. The van der Waals surface area contributed by atoms with Crippen LogP contribution in [0.5, 0.6) is 0 Å². The van der Waals surface area contributed by atoms with E-state index in [1.165, 1.54) is 5.01 Å². The van der Waals surface area contributed by atoms with E-state index in [1.807, 2.05) is 6.92 Å². The molecule has 1 atom stereocenters. The highest BCUT2D eigenvalue weighted by Gasteiger charge is 2.29. The predicted molar refractivity (Wildman–Crippen MR) is 55.2 cm³/mol. The van der Waals surface area contributed by atoms with Gasteiger partial charge in [0.25, 0.3) is 0 Å². The fourth-order valence-electron chi connectivity index (χ4n) is 1.43. The number of ether oxygens (including phenoxy) is 1. The minimum absolute atomic E-state index is 0.131. The number of rotatable bonds is 2. The van der Waals surface area contributed by atoms with Crippen molar-refractivity contribution < 1.29 is 9.53 Å². The predicted octanol–water partition coefficient (Wildman–Crippen LogP) is 2.25. The van der Waals surface area contributed by atoms with Crippen LogP contribution in [0.2, 0.25) is 0 Å².